The van der Waals surface area contributed by atoms with Crippen molar-refractivity contribution in [1.82, 2.24) is 9.78 Å². The molecule has 2 unspecified atom stereocenters. The van der Waals surface area contributed by atoms with Gasteiger partial charge in [-0.15, -0.1) is 0 Å². The van der Waals surface area contributed by atoms with Crippen LogP contribution in [0.3, 0.4) is 0 Å². The van der Waals surface area contributed by atoms with E-state index in [1.165, 1.54) is 11.1 Å². The first-order chi connectivity index (χ1) is 8.13. The Morgan fingerprint density at radius 3 is 3.12 bits per heavy atom. The first-order valence-corrected chi connectivity index (χ1v) is 6.61. The van der Waals surface area contributed by atoms with E-state index >= 15 is 0 Å². The van der Waals surface area contributed by atoms with E-state index in [0.717, 1.165) is 18.5 Å². The van der Waals surface area contributed by atoms with Crippen molar-refractivity contribution in [2.45, 2.75) is 25.3 Å². The zero-order chi connectivity index (χ0) is 12.4. The van der Waals surface area contributed by atoms with Gasteiger partial charge in [0, 0.05) is 13.1 Å². The monoisotopic (exact) mass is 300 g/mol. The molecule has 2 atom stereocenters. The van der Waals surface area contributed by atoms with Gasteiger partial charge >= 0.3 is 0 Å². The lowest BCUT2D eigenvalue weighted by Gasteiger charge is -2.21. The lowest BCUT2D eigenvalue weighted by molar-refractivity contribution is 0.515. The van der Waals surface area contributed by atoms with Crippen LogP contribution in [-0.2, 0) is 7.05 Å². The summed E-state index contributed by atoms with van der Waals surface area (Å²) in [5.74, 6) is 0.492. The van der Waals surface area contributed by atoms with Crippen LogP contribution in [0.1, 0.15) is 19.3 Å². The predicted molar refractivity (Wildman–Crippen MR) is 71.0 cm³/mol. The van der Waals surface area contributed by atoms with Crippen LogP contribution in [0.4, 0.5) is 5.69 Å². The molecule has 0 amide bonds. The fraction of sp³-hybridized carbons (Fsp3) is 0.636. The van der Waals surface area contributed by atoms with Gasteiger partial charge in [-0.05, 0) is 41.2 Å². The first-order valence-electron chi connectivity index (χ1n) is 5.82. The van der Waals surface area contributed by atoms with Crippen molar-refractivity contribution in [2.75, 3.05) is 11.9 Å². The molecule has 17 heavy (non-hydrogen) atoms. The molecule has 0 saturated heterocycles. The Morgan fingerprint density at radius 2 is 2.41 bits per heavy atom. The molecule has 6 heteroatoms. The largest absolute Gasteiger partial charge is 0.380 e. The SMILES string of the molecule is Cn1ncc(NC2CCCC2CN)c(Br)c1=O. The maximum Gasteiger partial charge on any atom is 0.282 e. The molecule has 0 spiro atoms. The molecule has 0 aliphatic heterocycles. The smallest absolute Gasteiger partial charge is 0.282 e. The van der Waals surface area contributed by atoms with Gasteiger partial charge in [-0.1, -0.05) is 6.42 Å². The third kappa shape index (κ3) is 2.52. The van der Waals surface area contributed by atoms with E-state index in [9.17, 15) is 4.79 Å². The minimum absolute atomic E-state index is 0.128. The summed E-state index contributed by atoms with van der Waals surface area (Å²) in [7, 11) is 1.63. The van der Waals surface area contributed by atoms with Gasteiger partial charge in [0.15, 0.2) is 0 Å². The van der Waals surface area contributed by atoms with Crippen molar-refractivity contribution in [2.24, 2.45) is 18.7 Å². The number of rotatable bonds is 3. The average Bonchev–Trinajstić information content (AvgIpc) is 2.77. The molecule has 0 radical (unpaired) electrons. The molecule has 5 nitrogen and oxygen atoms in total. The average molecular weight is 301 g/mol. The van der Waals surface area contributed by atoms with Crippen molar-refractivity contribution < 1.29 is 0 Å². The van der Waals surface area contributed by atoms with Gasteiger partial charge in [-0.3, -0.25) is 4.79 Å². The van der Waals surface area contributed by atoms with Gasteiger partial charge in [0.05, 0.1) is 11.9 Å². The molecule has 1 aromatic heterocycles. The number of nitrogens with two attached hydrogens (primary N) is 1. The Balaban J connectivity index is 2.19. The van der Waals surface area contributed by atoms with Crippen LogP contribution in [0, 0.1) is 5.92 Å². The van der Waals surface area contributed by atoms with Gasteiger partial charge in [0.1, 0.15) is 4.47 Å². The van der Waals surface area contributed by atoms with Crippen LogP contribution in [-0.4, -0.2) is 22.4 Å². The van der Waals surface area contributed by atoms with Gasteiger partial charge in [-0.25, -0.2) is 4.68 Å². The lowest BCUT2D eigenvalue weighted by atomic mass is 10.0. The summed E-state index contributed by atoms with van der Waals surface area (Å²) in [6, 6.07) is 0.352. The van der Waals surface area contributed by atoms with Gasteiger partial charge in [0.2, 0.25) is 0 Å². The molecule has 0 aromatic carbocycles. The van der Waals surface area contributed by atoms with Gasteiger partial charge in [0.25, 0.3) is 5.56 Å². The van der Waals surface area contributed by atoms with E-state index in [2.05, 4.69) is 26.3 Å². The fourth-order valence-electron chi connectivity index (χ4n) is 2.32. The van der Waals surface area contributed by atoms with Crippen LogP contribution in [0.5, 0.6) is 0 Å². The highest BCUT2D eigenvalue weighted by Crippen LogP contribution is 2.29. The number of nitrogens with one attached hydrogen (secondary N) is 1. The fourth-order valence-corrected chi connectivity index (χ4v) is 2.79. The highest BCUT2D eigenvalue weighted by molar-refractivity contribution is 9.10. The molecule has 1 fully saturated rings. The summed E-state index contributed by atoms with van der Waals surface area (Å²) in [5, 5.41) is 7.39. The second-order valence-electron chi connectivity index (χ2n) is 4.48. The zero-order valence-corrected chi connectivity index (χ0v) is 11.4. The third-order valence-electron chi connectivity index (χ3n) is 3.38. The van der Waals surface area contributed by atoms with Gasteiger partial charge < -0.3 is 11.1 Å². The molecule has 1 saturated carbocycles. The van der Waals surface area contributed by atoms with Crippen molar-refractivity contribution in [3.8, 4) is 0 Å². The minimum atomic E-state index is -0.128. The number of aromatic nitrogens is 2. The second-order valence-corrected chi connectivity index (χ2v) is 5.27. The normalized spacial score (nSPS) is 23.9. The van der Waals surface area contributed by atoms with Crippen molar-refractivity contribution >= 4 is 21.6 Å². The third-order valence-corrected chi connectivity index (χ3v) is 4.15. The van der Waals surface area contributed by atoms with Crippen molar-refractivity contribution in [3.63, 3.8) is 0 Å². The number of nitrogens with zero attached hydrogens (tertiary/aromatic N) is 2. The summed E-state index contributed by atoms with van der Waals surface area (Å²) < 4.78 is 1.85. The number of hydrogen-bond acceptors (Lipinski definition) is 4. The van der Waals surface area contributed by atoms with Crippen molar-refractivity contribution in [3.05, 3.63) is 21.0 Å². The number of hydrogen-bond donors (Lipinski definition) is 2. The summed E-state index contributed by atoms with van der Waals surface area (Å²) in [4.78, 5) is 11.7. The highest BCUT2D eigenvalue weighted by atomic mass is 79.9. The van der Waals surface area contributed by atoms with Crippen LogP contribution < -0.4 is 16.6 Å². The van der Waals surface area contributed by atoms with Crippen LogP contribution in [0.25, 0.3) is 0 Å². The van der Waals surface area contributed by atoms with Crippen molar-refractivity contribution in [1.29, 1.82) is 0 Å². The van der Waals surface area contributed by atoms with Crippen LogP contribution >= 0.6 is 15.9 Å². The Morgan fingerprint density at radius 1 is 1.65 bits per heavy atom. The van der Waals surface area contributed by atoms with Crippen LogP contribution in [0.2, 0.25) is 0 Å². The van der Waals surface area contributed by atoms with Gasteiger partial charge in [-0.2, -0.15) is 5.10 Å². The summed E-state index contributed by atoms with van der Waals surface area (Å²) >= 11 is 3.31. The lowest BCUT2D eigenvalue weighted by Crippen LogP contribution is -2.31. The van der Waals surface area contributed by atoms with Crippen LogP contribution in [0.15, 0.2) is 15.5 Å². The predicted octanol–water partition coefficient (Wildman–Crippen LogP) is 1.08. The Hall–Kier alpha value is -0.880. The molecule has 2 rings (SSSR count). The number of halogens is 1. The molecule has 3 N–H and O–H groups in total. The van der Waals surface area contributed by atoms with E-state index in [1.807, 2.05) is 0 Å². The number of aryl methyl sites for hydroxylation is 1. The Kier molecular flexibility index (Phi) is 3.83. The quantitative estimate of drug-likeness (QED) is 0.876. The molecule has 1 aliphatic rings. The summed E-state index contributed by atoms with van der Waals surface area (Å²) in [6.45, 7) is 0.688. The molecule has 94 valence electrons. The minimum Gasteiger partial charge on any atom is -0.380 e. The Labute approximate surface area is 109 Å². The topological polar surface area (TPSA) is 72.9 Å². The van der Waals surface area contributed by atoms with E-state index < -0.39 is 0 Å². The Bertz CT molecular complexity index is 459. The second kappa shape index (κ2) is 5.18. The molecule has 1 aliphatic carbocycles. The molecule has 1 heterocycles. The van der Waals surface area contributed by atoms with E-state index in [1.54, 1.807) is 13.2 Å². The highest BCUT2D eigenvalue weighted by Gasteiger charge is 2.26. The standard InChI is InChI=1S/C11H17BrN4O/c1-16-11(17)10(12)9(6-14-16)15-8-4-2-3-7(8)5-13/h6-8,15H,2-5,13H2,1H3. The zero-order valence-electron chi connectivity index (χ0n) is 9.82. The first kappa shape index (κ1) is 12.6. The maximum atomic E-state index is 11.7. The molecule has 0 bridgehead atoms. The maximum absolute atomic E-state index is 11.7. The number of anilines is 1. The van der Waals surface area contributed by atoms with E-state index in [-0.39, 0.29) is 5.56 Å². The molecule has 1 aromatic rings. The van der Waals surface area contributed by atoms with E-state index in [0.29, 0.717) is 23.0 Å². The summed E-state index contributed by atoms with van der Waals surface area (Å²) in [5.41, 5.74) is 6.37. The molecular formula is C11H17BrN4O. The summed E-state index contributed by atoms with van der Waals surface area (Å²) in [6.07, 6.45) is 5.13. The van der Waals surface area contributed by atoms with E-state index in [4.69, 9.17) is 5.73 Å². The molecular weight excluding hydrogens is 284 g/mol.